The van der Waals surface area contributed by atoms with Gasteiger partial charge in [-0.2, -0.15) is 0 Å². The van der Waals surface area contributed by atoms with E-state index in [0.717, 1.165) is 25.9 Å². The molecule has 110 valence electrons. The molecule has 3 nitrogen and oxygen atoms in total. The molecule has 0 saturated carbocycles. The number of piperidine rings is 1. The van der Waals surface area contributed by atoms with Crippen molar-refractivity contribution < 1.29 is 4.79 Å². The van der Waals surface area contributed by atoms with Gasteiger partial charge < -0.3 is 4.90 Å². The zero-order valence-corrected chi connectivity index (χ0v) is 14.1. The molecule has 0 unspecified atom stereocenters. The van der Waals surface area contributed by atoms with Crippen molar-refractivity contribution in [3.63, 3.8) is 0 Å². The highest BCUT2D eigenvalue weighted by molar-refractivity contribution is 8.01. The number of rotatable bonds is 0. The fraction of sp³-hybridized carbons (Fsp3) is 0.933. The number of carbonyl (C=O) groups excluding carboxylic acids is 1. The molecule has 2 saturated heterocycles. The summed E-state index contributed by atoms with van der Waals surface area (Å²) in [5.74, 6) is 0.981. The van der Waals surface area contributed by atoms with Crippen molar-refractivity contribution in [2.24, 2.45) is 0 Å². The van der Waals surface area contributed by atoms with Gasteiger partial charge in [-0.15, -0.1) is 11.8 Å². The summed E-state index contributed by atoms with van der Waals surface area (Å²) < 4.78 is 0. The lowest BCUT2D eigenvalue weighted by Crippen LogP contribution is -2.60. The van der Waals surface area contributed by atoms with Crippen LogP contribution in [0.3, 0.4) is 0 Å². The second-order valence-corrected chi connectivity index (χ2v) is 9.13. The summed E-state index contributed by atoms with van der Waals surface area (Å²) in [5.41, 5.74) is 0.173. The van der Waals surface area contributed by atoms with Crippen molar-refractivity contribution in [2.75, 3.05) is 18.8 Å². The van der Waals surface area contributed by atoms with E-state index < -0.39 is 0 Å². The smallest absolute Gasteiger partial charge is 0.234 e. The highest BCUT2D eigenvalue weighted by atomic mass is 32.2. The van der Waals surface area contributed by atoms with Crippen LogP contribution in [0.25, 0.3) is 0 Å². The first-order valence-corrected chi connectivity index (χ1v) is 8.27. The van der Waals surface area contributed by atoms with Gasteiger partial charge in [-0.25, -0.2) is 0 Å². The standard InChI is InChI=1S/C15H28N2OS/c1-13(2,3)16-9-7-15(8-10-16)17(14(4,5)6)12(18)11-19-15/h7-11H2,1-6H3. The van der Waals surface area contributed by atoms with E-state index in [1.54, 1.807) is 0 Å². The Kier molecular flexibility index (Phi) is 3.72. The monoisotopic (exact) mass is 284 g/mol. The van der Waals surface area contributed by atoms with Crippen molar-refractivity contribution in [1.82, 2.24) is 9.80 Å². The summed E-state index contributed by atoms with van der Waals surface area (Å²) in [6, 6.07) is 0. The normalized spacial score (nSPS) is 25.4. The Morgan fingerprint density at radius 3 is 1.95 bits per heavy atom. The number of likely N-dealkylation sites (tertiary alicyclic amines) is 1. The minimum absolute atomic E-state index is 0.0527. The van der Waals surface area contributed by atoms with Crippen molar-refractivity contribution in [3.8, 4) is 0 Å². The molecule has 0 aromatic heterocycles. The summed E-state index contributed by atoms with van der Waals surface area (Å²) in [6.45, 7) is 15.5. The van der Waals surface area contributed by atoms with Crippen LogP contribution in [0.2, 0.25) is 0 Å². The predicted octanol–water partition coefficient (Wildman–Crippen LogP) is 2.95. The highest BCUT2D eigenvalue weighted by Gasteiger charge is 2.52. The van der Waals surface area contributed by atoms with Crippen LogP contribution in [0, 0.1) is 0 Å². The maximum Gasteiger partial charge on any atom is 0.234 e. The molecule has 1 spiro atoms. The molecule has 0 aromatic rings. The Balaban J connectivity index is 2.16. The molecule has 1 amide bonds. The fourth-order valence-electron chi connectivity index (χ4n) is 3.43. The van der Waals surface area contributed by atoms with E-state index in [1.165, 1.54) is 0 Å². The molecule has 2 heterocycles. The van der Waals surface area contributed by atoms with E-state index in [2.05, 4.69) is 51.3 Å². The number of hydrogen-bond acceptors (Lipinski definition) is 3. The molecule has 0 aromatic carbocycles. The van der Waals surface area contributed by atoms with Crippen molar-refractivity contribution in [1.29, 1.82) is 0 Å². The minimum Gasteiger partial charge on any atom is -0.322 e. The minimum atomic E-state index is -0.0650. The molecule has 0 aliphatic carbocycles. The van der Waals surface area contributed by atoms with Crippen LogP contribution >= 0.6 is 11.8 Å². The van der Waals surface area contributed by atoms with Crippen molar-refractivity contribution >= 4 is 17.7 Å². The zero-order chi connectivity index (χ0) is 14.5. The Morgan fingerprint density at radius 2 is 1.53 bits per heavy atom. The molecule has 0 atom stereocenters. The molecule has 19 heavy (non-hydrogen) atoms. The second kappa shape index (κ2) is 4.66. The van der Waals surface area contributed by atoms with E-state index in [9.17, 15) is 4.79 Å². The number of hydrogen-bond donors (Lipinski definition) is 0. The largest absolute Gasteiger partial charge is 0.322 e. The van der Waals surface area contributed by atoms with Crippen molar-refractivity contribution in [3.05, 3.63) is 0 Å². The molecular weight excluding hydrogens is 256 g/mol. The average Bonchev–Trinajstić information content (AvgIpc) is 2.54. The summed E-state index contributed by atoms with van der Waals surface area (Å²) in [6.07, 6.45) is 2.19. The Labute approximate surface area is 122 Å². The lowest BCUT2D eigenvalue weighted by Gasteiger charge is -2.51. The molecule has 2 rings (SSSR count). The van der Waals surface area contributed by atoms with Crippen LogP contribution in [0.15, 0.2) is 0 Å². The van der Waals surface area contributed by atoms with Gasteiger partial charge in [0.2, 0.25) is 5.91 Å². The highest BCUT2D eigenvalue weighted by Crippen LogP contribution is 2.48. The summed E-state index contributed by atoms with van der Waals surface area (Å²) in [5, 5.41) is 0. The molecule has 2 aliphatic rings. The quantitative estimate of drug-likeness (QED) is 0.683. The van der Waals surface area contributed by atoms with Gasteiger partial charge in [-0.3, -0.25) is 9.69 Å². The number of nitrogens with zero attached hydrogens (tertiary/aromatic N) is 2. The summed E-state index contributed by atoms with van der Waals surface area (Å²) in [4.78, 5) is 17.0. The number of amides is 1. The van der Waals surface area contributed by atoms with Crippen LogP contribution in [0.1, 0.15) is 54.4 Å². The molecule has 2 aliphatic heterocycles. The van der Waals surface area contributed by atoms with E-state index in [1.807, 2.05) is 11.8 Å². The second-order valence-electron chi connectivity index (χ2n) is 7.79. The maximum atomic E-state index is 12.3. The van der Waals surface area contributed by atoms with Gasteiger partial charge >= 0.3 is 0 Å². The summed E-state index contributed by atoms with van der Waals surface area (Å²) >= 11 is 1.87. The van der Waals surface area contributed by atoms with Gasteiger partial charge in [0.25, 0.3) is 0 Å². The van der Waals surface area contributed by atoms with E-state index >= 15 is 0 Å². The van der Waals surface area contributed by atoms with Gasteiger partial charge in [0, 0.05) is 24.2 Å². The zero-order valence-electron chi connectivity index (χ0n) is 13.2. The van der Waals surface area contributed by atoms with Crippen LogP contribution in [-0.2, 0) is 4.79 Å². The molecule has 2 fully saturated rings. The van der Waals surface area contributed by atoms with E-state index in [4.69, 9.17) is 0 Å². The van der Waals surface area contributed by atoms with Crippen LogP contribution in [0.5, 0.6) is 0 Å². The van der Waals surface area contributed by atoms with E-state index in [-0.39, 0.29) is 15.9 Å². The van der Waals surface area contributed by atoms with Crippen molar-refractivity contribution in [2.45, 2.75) is 70.3 Å². The van der Waals surface area contributed by atoms with Gasteiger partial charge in [-0.05, 0) is 54.4 Å². The maximum absolute atomic E-state index is 12.3. The van der Waals surface area contributed by atoms with Gasteiger partial charge in [0.1, 0.15) is 0 Å². The van der Waals surface area contributed by atoms with E-state index in [0.29, 0.717) is 11.7 Å². The third-order valence-electron chi connectivity index (χ3n) is 4.29. The topological polar surface area (TPSA) is 23.6 Å². The fourth-order valence-corrected chi connectivity index (χ4v) is 4.93. The average molecular weight is 284 g/mol. The molecular formula is C15H28N2OS. The third-order valence-corrected chi connectivity index (χ3v) is 5.80. The Morgan fingerprint density at radius 1 is 1.00 bits per heavy atom. The number of carbonyl (C=O) groups is 1. The SMILES string of the molecule is CC(C)(C)N1CCC2(CC1)SCC(=O)N2C(C)(C)C. The van der Waals surface area contributed by atoms with Gasteiger partial charge in [0.05, 0.1) is 10.6 Å². The van der Waals surface area contributed by atoms with Gasteiger partial charge in [0.15, 0.2) is 0 Å². The molecule has 0 N–H and O–H groups in total. The number of thioether (sulfide) groups is 1. The summed E-state index contributed by atoms with van der Waals surface area (Å²) in [7, 11) is 0. The first-order valence-electron chi connectivity index (χ1n) is 7.28. The first-order chi connectivity index (χ1) is 8.56. The Hall–Kier alpha value is -0.220. The predicted molar refractivity (Wildman–Crippen MR) is 82.3 cm³/mol. The molecule has 0 radical (unpaired) electrons. The lowest BCUT2D eigenvalue weighted by atomic mass is 9.93. The van der Waals surface area contributed by atoms with Crippen LogP contribution < -0.4 is 0 Å². The van der Waals surface area contributed by atoms with Crippen LogP contribution in [-0.4, -0.2) is 50.5 Å². The Bertz CT molecular complexity index is 359. The third kappa shape index (κ3) is 2.80. The van der Waals surface area contributed by atoms with Gasteiger partial charge in [-0.1, -0.05) is 0 Å². The first kappa shape index (κ1) is 15.2. The van der Waals surface area contributed by atoms with Crippen LogP contribution in [0.4, 0.5) is 0 Å². The lowest BCUT2D eigenvalue weighted by molar-refractivity contribution is -0.137. The molecule has 4 heteroatoms. The molecule has 0 bridgehead atoms.